The van der Waals surface area contributed by atoms with Crippen molar-refractivity contribution in [2.24, 2.45) is 5.73 Å². The highest BCUT2D eigenvalue weighted by atomic mass is 16.3. The molecule has 2 aromatic rings. The van der Waals surface area contributed by atoms with Crippen LogP contribution in [0, 0.1) is 0 Å². The van der Waals surface area contributed by atoms with Crippen molar-refractivity contribution >= 4 is 5.91 Å². The van der Waals surface area contributed by atoms with Gasteiger partial charge in [-0.15, -0.1) is 0 Å². The summed E-state index contributed by atoms with van der Waals surface area (Å²) in [6.07, 6.45) is 4.34. The van der Waals surface area contributed by atoms with Crippen molar-refractivity contribution in [2.75, 3.05) is 6.61 Å². The van der Waals surface area contributed by atoms with Gasteiger partial charge in [-0.3, -0.25) is 14.6 Å². The first-order valence-electron chi connectivity index (χ1n) is 6.56. The van der Waals surface area contributed by atoms with Crippen molar-refractivity contribution in [3.8, 4) is 11.3 Å². The van der Waals surface area contributed by atoms with Gasteiger partial charge in [0.2, 0.25) is 0 Å². The van der Waals surface area contributed by atoms with Crippen LogP contribution in [0.15, 0.2) is 35.4 Å². The molecule has 7 heteroatoms. The maximum Gasteiger partial charge on any atom is 0.279 e. The normalized spacial score (nSPS) is 10.5. The number of pyridine rings is 1. The molecule has 0 aromatic carbocycles. The highest BCUT2D eigenvalue weighted by Crippen LogP contribution is 2.15. The summed E-state index contributed by atoms with van der Waals surface area (Å²) < 4.78 is 1.21. The van der Waals surface area contributed by atoms with Crippen LogP contribution in [0.25, 0.3) is 11.3 Å². The number of amides is 1. The highest BCUT2D eigenvalue weighted by Gasteiger charge is 2.13. The van der Waals surface area contributed by atoms with Gasteiger partial charge in [0, 0.05) is 31.1 Å². The Kier molecular flexibility index (Phi) is 4.78. The number of aliphatic hydroxyl groups is 1. The molecular formula is C14H16N4O3. The lowest BCUT2D eigenvalue weighted by Gasteiger charge is -2.09. The van der Waals surface area contributed by atoms with Gasteiger partial charge in [0.05, 0.1) is 5.69 Å². The molecule has 7 nitrogen and oxygen atoms in total. The highest BCUT2D eigenvalue weighted by molar-refractivity contribution is 5.93. The van der Waals surface area contributed by atoms with Gasteiger partial charge in [-0.2, -0.15) is 5.10 Å². The van der Waals surface area contributed by atoms with Crippen molar-refractivity contribution in [1.29, 1.82) is 0 Å². The van der Waals surface area contributed by atoms with Crippen LogP contribution < -0.4 is 11.3 Å². The van der Waals surface area contributed by atoms with Crippen LogP contribution in [0.2, 0.25) is 0 Å². The number of nitrogens with two attached hydrogens (primary N) is 1. The van der Waals surface area contributed by atoms with E-state index >= 15 is 0 Å². The van der Waals surface area contributed by atoms with Crippen LogP contribution in [0.5, 0.6) is 0 Å². The lowest BCUT2D eigenvalue weighted by Crippen LogP contribution is -2.31. The molecule has 0 unspecified atom stereocenters. The summed E-state index contributed by atoms with van der Waals surface area (Å²) in [6.45, 7) is 0.361. The molecule has 0 spiro atoms. The van der Waals surface area contributed by atoms with Crippen LogP contribution in [0.4, 0.5) is 0 Å². The zero-order valence-electron chi connectivity index (χ0n) is 11.4. The van der Waals surface area contributed by atoms with Crippen LogP contribution in [0.1, 0.15) is 23.2 Å². The average molecular weight is 288 g/mol. The number of nitrogens with zero attached hydrogens (tertiary/aromatic N) is 3. The first-order valence-corrected chi connectivity index (χ1v) is 6.56. The zero-order valence-corrected chi connectivity index (χ0v) is 11.4. The zero-order chi connectivity index (χ0) is 15.2. The van der Waals surface area contributed by atoms with Gasteiger partial charge in [-0.25, -0.2) is 4.68 Å². The van der Waals surface area contributed by atoms with E-state index in [2.05, 4.69) is 10.1 Å². The molecule has 0 atom stereocenters. The molecule has 0 radical (unpaired) electrons. The Labute approximate surface area is 121 Å². The Morgan fingerprint density at radius 1 is 1.29 bits per heavy atom. The molecule has 0 bridgehead atoms. The number of aromatic nitrogens is 3. The number of primary amides is 1. The summed E-state index contributed by atoms with van der Waals surface area (Å²) in [6, 6.07) is 4.85. The van der Waals surface area contributed by atoms with E-state index in [0.717, 1.165) is 5.56 Å². The number of unbranched alkanes of at least 4 members (excludes halogenated alkanes) is 1. The molecule has 0 aliphatic heterocycles. The Hall–Kier alpha value is -2.54. The maximum atomic E-state index is 12.1. The van der Waals surface area contributed by atoms with Gasteiger partial charge < -0.3 is 10.8 Å². The second-order valence-electron chi connectivity index (χ2n) is 4.50. The summed E-state index contributed by atoms with van der Waals surface area (Å²) in [5, 5.41) is 13.0. The summed E-state index contributed by atoms with van der Waals surface area (Å²) in [4.78, 5) is 27.4. The van der Waals surface area contributed by atoms with Gasteiger partial charge >= 0.3 is 0 Å². The van der Waals surface area contributed by atoms with Crippen molar-refractivity contribution < 1.29 is 9.90 Å². The first-order chi connectivity index (χ1) is 10.1. The van der Waals surface area contributed by atoms with Crippen LogP contribution in [-0.4, -0.2) is 32.4 Å². The largest absolute Gasteiger partial charge is 0.396 e. The van der Waals surface area contributed by atoms with E-state index < -0.39 is 11.5 Å². The second-order valence-corrected chi connectivity index (χ2v) is 4.50. The standard InChI is InChI=1S/C14H16N4O3/c15-13(20)11-9-12(10-3-5-16-6-4-10)17-18(14(11)21)7-1-2-8-19/h3-6,9,19H,1-2,7-8H2,(H2,15,20). The minimum absolute atomic E-state index is 0.0431. The quantitative estimate of drug-likeness (QED) is 0.736. The molecule has 0 aliphatic rings. The number of rotatable bonds is 6. The van der Waals surface area contributed by atoms with E-state index in [-0.39, 0.29) is 12.2 Å². The summed E-state index contributed by atoms with van der Waals surface area (Å²) in [5.41, 5.74) is 5.86. The Bertz CT molecular complexity index is 682. The molecule has 21 heavy (non-hydrogen) atoms. The number of hydrogen-bond donors (Lipinski definition) is 2. The molecule has 0 saturated carbocycles. The molecule has 110 valence electrons. The molecule has 0 saturated heterocycles. The SMILES string of the molecule is NC(=O)c1cc(-c2ccncc2)nn(CCCCO)c1=O. The molecule has 0 fully saturated rings. The van der Waals surface area contributed by atoms with Gasteiger partial charge in [0.25, 0.3) is 11.5 Å². The van der Waals surface area contributed by atoms with E-state index in [1.807, 2.05) is 0 Å². The maximum absolute atomic E-state index is 12.1. The number of aryl methyl sites for hydroxylation is 1. The van der Waals surface area contributed by atoms with Gasteiger partial charge in [-0.1, -0.05) is 0 Å². The number of carbonyl (C=O) groups excluding carboxylic acids is 1. The van der Waals surface area contributed by atoms with Crippen LogP contribution in [-0.2, 0) is 6.54 Å². The third-order valence-corrected chi connectivity index (χ3v) is 2.99. The minimum atomic E-state index is -0.784. The van der Waals surface area contributed by atoms with Crippen molar-refractivity contribution in [3.05, 3.63) is 46.5 Å². The van der Waals surface area contributed by atoms with E-state index in [1.165, 1.54) is 10.7 Å². The topological polar surface area (TPSA) is 111 Å². The molecule has 3 N–H and O–H groups in total. The molecule has 2 aromatic heterocycles. The lowest BCUT2D eigenvalue weighted by molar-refractivity contribution is 0.0998. The number of carbonyl (C=O) groups is 1. The van der Waals surface area contributed by atoms with E-state index in [9.17, 15) is 9.59 Å². The third kappa shape index (κ3) is 3.51. The molecule has 2 rings (SSSR count). The molecule has 2 heterocycles. The second kappa shape index (κ2) is 6.76. The Morgan fingerprint density at radius 3 is 2.62 bits per heavy atom. The predicted octanol–water partition coefficient (Wildman–Crippen LogP) is 0.177. The fourth-order valence-electron chi connectivity index (χ4n) is 1.91. The van der Waals surface area contributed by atoms with Gasteiger partial charge in [0.1, 0.15) is 5.56 Å². The monoisotopic (exact) mass is 288 g/mol. The molecular weight excluding hydrogens is 272 g/mol. The fraction of sp³-hybridized carbons (Fsp3) is 0.286. The molecule has 0 aliphatic carbocycles. The van der Waals surface area contributed by atoms with Crippen LogP contribution >= 0.6 is 0 Å². The van der Waals surface area contributed by atoms with Gasteiger partial charge in [-0.05, 0) is 31.0 Å². The smallest absolute Gasteiger partial charge is 0.279 e. The summed E-state index contributed by atoms with van der Waals surface area (Å²) >= 11 is 0. The lowest BCUT2D eigenvalue weighted by atomic mass is 10.1. The number of hydrogen-bond acceptors (Lipinski definition) is 5. The van der Waals surface area contributed by atoms with Gasteiger partial charge in [0.15, 0.2) is 0 Å². The fourth-order valence-corrected chi connectivity index (χ4v) is 1.91. The summed E-state index contributed by atoms with van der Waals surface area (Å²) in [5.74, 6) is -0.784. The van der Waals surface area contributed by atoms with E-state index in [0.29, 0.717) is 25.1 Å². The van der Waals surface area contributed by atoms with Crippen LogP contribution in [0.3, 0.4) is 0 Å². The number of aliphatic hydroxyl groups excluding tert-OH is 1. The van der Waals surface area contributed by atoms with Crippen molar-refractivity contribution in [2.45, 2.75) is 19.4 Å². The predicted molar refractivity (Wildman–Crippen MR) is 76.6 cm³/mol. The molecule has 1 amide bonds. The minimum Gasteiger partial charge on any atom is -0.396 e. The van der Waals surface area contributed by atoms with E-state index in [1.54, 1.807) is 24.5 Å². The summed E-state index contributed by atoms with van der Waals surface area (Å²) in [7, 11) is 0. The third-order valence-electron chi connectivity index (χ3n) is 2.99. The van der Waals surface area contributed by atoms with Crippen molar-refractivity contribution in [1.82, 2.24) is 14.8 Å². The van der Waals surface area contributed by atoms with E-state index in [4.69, 9.17) is 10.8 Å². The average Bonchev–Trinajstić information content (AvgIpc) is 2.49. The Morgan fingerprint density at radius 2 is 2.00 bits per heavy atom. The van der Waals surface area contributed by atoms with Crippen molar-refractivity contribution in [3.63, 3.8) is 0 Å². The first kappa shape index (κ1) is 14.9. The Balaban J connectivity index is 2.47.